The largest absolute Gasteiger partial charge is 0.416 e. The van der Waals surface area contributed by atoms with Crippen molar-refractivity contribution in [1.82, 2.24) is 0 Å². The second-order valence-electron chi connectivity index (χ2n) is 4.89. The summed E-state index contributed by atoms with van der Waals surface area (Å²) in [4.78, 5) is 11.9. The van der Waals surface area contributed by atoms with Crippen molar-refractivity contribution < 1.29 is 18.0 Å². The highest BCUT2D eigenvalue weighted by molar-refractivity contribution is 14.1. The Morgan fingerprint density at radius 3 is 2.55 bits per heavy atom. The van der Waals surface area contributed by atoms with Gasteiger partial charge in [-0.25, -0.2) is 0 Å². The molecule has 0 radical (unpaired) electrons. The van der Waals surface area contributed by atoms with E-state index in [0.717, 1.165) is 21.3 Å². The molecule has 116 valence electrons. The van der Waals surface area contributed by atoms with Crippen LogP contribution in [0.2, 0.25) is 0 Å². The Morgan fingerprint density at radius 2 is 1.91 bits per heavy atom. The fourth-order valence-corrected chi connectivity index (χ4v) is 2.43. The third-order valence-electron chi connectivity index (χ3n) is 3.07. The first-order valence-corrected chi connectivity index (χ1v) is 7.56. The molecular weight excluding hydrogens is 406 g/mol. The van der Waals surface area contributed by atoms with Crippen molar-refractivity contribution in [2.24, 2.45) is 0 Å². The standard InChI is InChI=1S/C16H13F3INO/c1-10-5-6-13(9-14(10)20)21-15(22)8-11-3-2-4-12(7-11)16(17,18)19/h2-7,9H,8H2,1H3,(H,21,22). The van der Waals surface area contributed by atoms with Gasteiger partial charge in [-0.1, -0.05) is 24.3 Å². The van der Waals surface area contributed by atoms with Crippen LogP contribution >= 0.6 is 22.6 Å². The molecule has 0 aliphatic rings. The molecule has 6 heteroatoms. The van der Waals surface area contributed by atoms with Crippen molar-refractivity contribution in [3.63, 3.8) is 0 Å². The smallest absolute Gasteiger partial charge is 0.326 e. The van der Waals surface area contributed by atoms with E-state index in [2.05, 4.69) is 27.9 Å². The highest BCUT2D eigenvalue weighted by atomic mass is 127. The van der Waals surface area contributed by atoms with Gasteiger partial charge in [0.25, 0.3) is 0 Å². The molecule has 0 unspecified atom stereocenters. The average Bonchev–Trinajstić information content (AvgIpc) is 2.42. The molecule has 0 atom stereocenters. The number of carbonyl (C=O) groups is 1. The Balaban J connectivity index is 2.07. The molecule has 1 N–H and O–H groups in total. The second kappa shape index (κ2) is 6.68. The predicted octanol–water partition coefficient (Wildman–Crippen LogP) is 4.80. The van der Waals surface area contributed by atoms with Crippen molar-refractivity contribution in [2.45, 2.75) is 19.5 Å². The number of hydrogen-bond donors (Lipinski definition) is 1. The van der Waals surface area contributed by atoms with Crippen LogP contribution in [-0.4, -0.2) is 5.91 Å². The number of rotatable bonds is 3. The summed E-state index contributed by atoms with van der Waals surface area (Å²) in [6, 6.07) is 10.3. The fourth-order valence-electron chi connectivity index (χ4n) is 1.92. The van der Waals surface area contributed by atoms with E-state index >= 15 is 0 Å². The Morgan fingerprint density at radius 1 is 1.18 bits per heavy atom. The summed E-state index contributed by atoms with van der Waals surface area (Å²) in [6.07, 6.45) is -4.51. The van der Waals surface area contributed by atoms with Crippen LogP contribution in [0.1, 0.15) is 16.7 Å². The van der Waals surface area contributed by atoms with E-state index in [0.29, 0.717) is 11.3 Å². The van der Waals surface area contributed by atoms with Crippen molar-refractivity contribution >= 4 is 34.2 Å². The number of carbonyl (C=O) groups excluding carboxylic acids is 1. The zero-order valence-corrected chi connectivity index (χ0v) is 13.8. The number of aryl methyl sites for hydroxylation is 1. The lowest BCUT2D eigenvalue weighted by molar-refractivity contribution is -0.137. The predicted molar refractivity (Wildman–Crippen MR) is 87.7 cm³/mol. The van der Waals surface area contributed by atoms with Crippen LogP contribution < -0.4 is 5.32 Å². The molecule has 0 saturated carbocycles. The third-order valence-corrected chi connectivity index (χ3v) is 4.24. The van der Waals surface area contributed by atoms with E-state index in [1.165, 1.54) is 12.1 Å². The summed E-state index contributed by atoms with van der Waals surface area (Å²) >= 11 is 2.16. The van der Waals surface area contributed by atoms with Crippen molar-refractivity contribution in [2.75, 3.05) is 5.32 Å². The Labute approximate surface area is 139 Å². The maximum Gasteiger partial charge on any atom is 0.416 e. The van der Waals surface area contributed by atoms with Crippen molar-refractivity contribution in [3.05, 3.63) is 62.7 Å². The lowest BCUT2D eigenvalue weighted by atomic mass is 10.1. The Hall–Kier alpha value is -1.57. The van der Waals surface area contributed by atoms with E-state index in [-0.39, 0.29) is 12.3 Å². The number of halogens is 4. The van der Waals surface area contributed by atoms with Crippen LogP contribution in [0.15, 0.2) is 42.5 Å². The van der Waals surface area contributed by atoms with Gasteiger partial charge in [-0.05, 0) is 58.8 Å². The zero-order chi connectivity index (χ0) is 16.3. The van der Waals surface area contributed by atoms with Gasteiger partial charge in [0.05, 0.1) is 12.0 Å². The first-order valence-electron chi connectivity index (χ1n) is 6.48. The summed E-state index contributed by atoms with van der Waals surface area (Å²) in [5.74, 6) is -0.348. The molecule has 2 aromatic carbocycles. The molecule has 0 fully saturated rings. The molecular formula is C16H13F3INO. The Bertz CT molecular complexity index is 698. The Kier molecular flexibility index (Phi) is 5.10. The van der Waals surface area contributed by atoms with Gasteiger partial charge in [0.15, 0.2) is 0 Å². The van der Waals surface area contributed by atoms with Gasteiger partial charge in [-0.15, -0.1) is 0 Å². The van der Waals surface area contributed by atoms with E-state index in [4.69, 9.17) is 0 Å². The molecule has 2 nitrogen and oxygen atoms in total. The summed E-state index contributed by atoms with van der Waals surface area (Å²) in [6.45, 7) is 1.95. The number of nitrogens with one attached hydrogen (secondary N) is 1. The van der Waals surface area contributed by atoms with E-state index in [1.807, 2.05) is 19.1 Å². The topological polar surface area (TPSA) is 29.1 Å². The van der Waals surface area contributed by atoms with Crippen LogP contribution in [0.5, 0.6) is 0 Å². The van der Waals surface area contributed by atoms with Crippen LogP contribution in [0.3, 0.4) is 0 Å². The monoisotopic (exact) mass is 419 g/mol. The fraction of sp³-hybridized carbons (Fsp3) is 0.188. The van der Waals surface area contributed by atoms with Gasteiger partial charge in [-0.2, -0.15) is 13.2 Å². The van der Waals surface area contributed by atoms with Crippen LogP contribution in [-0.2, 0) is 17.4 Å². The van der Waals surface area contributed by atoms with Crippen LogP contribution in [0, 0.1) is 10.5 Å². The van der Waals surface area contributed by atoms with Gasteiger partial charge in [0.2, 0.25) is 5.91 Å². The van der Waals surface area contributed by atoms with Gasteiger partial charge >= 0.3 is 6.18 Å². The molecule has 1 amide bonds. The number of hydrogen-bond acceptors (Lipinski definition) is 1. The molecule has 0 spiro atoms. The van der Waals surface area contributed by atoms with E-state index in [9.17, 15) is 18.0 Å². The minimum Gasteiger partial charge on any atom is -0.326 e. The summed E-state index contributed by atoms with van der Waals surface area (Å²) in [5.41, 5.74) is 1.31. The van der Waals surface area contributed by atoms with Crippen LogP contribution in [0.4, 0.5) is 18.9 Å². The molecule has 0 heterocycles. The molecule has 0 aliphatic heterocycles. The molecule has 0 bridgehead atoms. The maximum atomic E-state index is 12.6. The number of benzene rings is 2. The van der Waals surface area contributed by atoms with Gasteiger partial charge in [0.1, 0.15) is 0 Å². The summed E-state index contributed by atoms with van der Waals surface area (Å²) in [5, 5.41) is 2.69. The number of anilines is 1. The molecule has 0 aromatic heterocycles. The first kappa shape index (κ1) is 16.8. The van der Waals surface area contributed by atoms with Gasteiger partial charge in [0, 0.05) is 9.26 Å². The second-order valence-corrected chi connectivity index (χ2v) is 6.05. The number of alkyl halides is 3. The number of amides is 1. The third kappa shape index (κ3) is 4.46. The van der Waals surface area contributed by atoms with E-state index < -0.39 is 11.7 Å². The highest BCUT2D eigenvalue weighted by Crippen LogP contribution is 2.29. The molecule has 22 heavy (non-hydrogen) atoms. The first-order chi connectivity index (χ1) is 10.3. The lowest BCUT2D eigenvalue weighted by Gasteiger charge is -2.10. The average molecular weight is 419 g/mol. The lowest BCUT2D eigenvalue weighted by Crippen LogP contribution is -2.15. The molecule has 0 aliphatic carbocycles. The van der Waals surface area contributed by atoms with E-state index in [1.54, 1.807) is 6.07 Å². The summed E-state index contributed by atoms with van der Waals surface area (Å²) < 4.78 is 38.9. The molecule has 2 aromatic rings. The normalized spacial score (nSPS) is 11.3. The minimum absolute atomic E-state index is 0.103. The quantitative estimate of drug-likeness (QED) is 0.712. The van der Waals surface area contributed by atoms with Crippen LogP contribution in [0.25, 0.3) is 0 Å². The molecule has 2 rings (SSSR count). The SMILES string of the molecule is Cc1ccc(NC(=O)Cc2cccc(C(F)(F)F)c2)cc1I. The minimum atomic E-state index is -4.40. The van der Waals surface area contributed by atoms with Crippen molar-refractivity contribution in [1.29, 1.82) is 0 Å². The van der Waals surface area contributed by atoms with Gasteiger partial charge in [-0.3, -0.25) is 4.79 Å². The summed E-state index contributed by atoms with van der Waals surface area (Å²) in [7, 11) is 0. The maximum absolute atomic E-state index is 12.6. The highest BCUT2D eigenvalue weighted by Gasteiger charge is 2.30. The van der Waals surface area contributed by atoms with Crippen molar-refractivity contribution in [3.8, 4) is 0 Å². The molecule has 0 saturated heterocycles. The van der Waals surface area contributed by atoms with Gasteiger partial charge < -0.3 is 5.32 Å². The zero-order valence-electron chi connectivity index (χ0n) is 11.7.